The van der Waals surface area contributed by atoms with Gasteiger partial charge in [-0.25, -0.2) is 0 Å². The molecule has 0 aliphatic carbocycles. The van der Waals surface area contributed by atoms with Crippen molar-refractivity contribution >= 4 is 23.2 Å². The molecule has 0 aliphatic heterocycles. The summed E-state index contributed by atoms with van der Waals surface area (Å²) in [5.74, 6) is -0.533. The number of rotatable bonds is 3. The Bertz CT molecular complexity index is 641. The number of amides is 1. The summed E-state index contributed by atoms with van der Waals surface area (Å²) >= 11 is 5.59. The lowest BCUT2D eigenvalue weighted by atomic mass is 10.1. The summed E-state index contributed by atoms with van der Waals surface area (Å²) in [6, 6.07) is 12.4. The van der Waals surface area contributed by atoms with E-state index in [1.54, 1.807) is 30.3 Å². The number of alkyl halides is 3. The summed E-state index contributed by atoms with van der Waals surface area (Å²) in [5, 5.41) is 1.82. The molecule has 2 aromatic rings. The molecule has 2 rings (SSSR count). The van der Waals surface area contributed by atoms with Gasteiger partial charge in [0.15, 0.2) is 0 Å². The molecule has 2 aromatic carbocycles. The van der Waals surface area contributed by atoms with Crippen molar-refractivity contribution in [1.29, 1.82) is 0 Å². The molecule has 0 aliphatic rings. The first-order valence-electron chi connectivity index (χ1n) is 6.07. The Labute approximate surface area is 124 Å². The zero-order valence-electron chi connectivity index (χ0n) is 10.7. The molecule has 2 nitrogen and oxygen atoms in total. The Morgan fingerprint density at radius 3 is 2.33 bits per heavy atom. The van der Waals surface area contributed by atoms with Gasteiger partial charge in [-0.2, -0.15) is 13.2 Å². The molecule has 0 bridgehead atoms. The van der Waals surface area contributed by atoms with E-state index in [9.17, 15) is 18.0 Å². The molecule has 0 aromatic heterocycles. The number of benzene rings is 2. The van der Waals surface area contributed by atoms with Gasteiger partial charge in [-0.3, -0.25) is 4.79 Å². The topological polar surface area (TPSA) is 29.1 Å². The summed E-state index contributed by atoms with van der Waals surface area (Å²) in [6.45, 7) is 0. The fourth-order valence-electron chi connectivity index (χ4n) is 1.89. The third-order valence-electron chi connectivity index (χ3n) is 2.78. The molecule has 0 saturated heterocycles. The summed E-state index contributed by atoms with van der Waals surface area (Å²) in [4.78, 5) is 11.9. The smallest absolute Gasteiger partial charge is 0.325 e. The summed E-state index contributed by atoms with van der Waals surface area (Å²) in [6.07, 6.45) is -4.64. The molecular formula is C15H11ClF3NO. The van der Waals surface area contributed by atoms with Crippen LogP contribution in [0.4, 0.5) is 18.9 Å². The average Bonchev–Trinajstić information content (AvgIpc) is 2.38. The summed E-state index contributed by atoms with van der Waals surface area (Å²) < 4.78 is 38.9. The van der Waals surface area contributed by atoms with Gasteiger partial charge < -0.3 is 5.32 Å². The van der Waals surface area contributed by atoms with E-state index in [0.717, 1.165) is 6.07 Å². The van der Waals surface area contributed by atoms with Crippen molar-refractivity contribution < 1.29 is 18.0 Å². The quantitative estimate of drug-likeness (QED) is 0.885. The molecule has 1 N–H and O–H groups in total. The SMILES string of the molecule is O=C(Cc1ccccc1)Nc1cccc(Cl)c1C(F)(F)F. The van der Waals surface area contributed by atoms with Gasteiger partial charge in [0.2, 0.25) is 5.91 Å². The van der Waals surface area contributed by atoms with Crippen LogP contribution in [0.25, 0.3) is 0 Å². The summed E-state index contributed by atoms with van der Waals surface area (Å²) in [5.41, 5.74) is -0.658. The van der Waals surface area contributed by atoms with E-state index >= 15 is 0 Å². The molecular weight excluding hydrogens is 303 g/mol. The molecule has 6 heteroatoms. The van der Waals surface area contributed by atoms with Crippen LogP contribution >= 0.6 is 11.6 Å². The van der Waals surface area contributed by atoms with Gasteiger partial charge in [0.25, 0.3) is 0 Å². The predicted octanol–water partition coefficient (Wildman–Crippen LogP) is 4.54. The molecule has 0 spiro atoms. The number of nitrogens with one attached hydrogen (secondary N) is 1. The largest absolute Gasteiger partial charge is 0.419 e. The summed E-state index contributed by atoms with van der Waals surface area (Å²) in [7, 11) is 0. The van der Waals surface area contributed by atoms with E-state index in [-0.39, 0.29) is 12.1 Å². The molecule has 1 amide bonds. The van der Waals surface area contributed by atoms with Crippen molar-refractivity contribution in [3.63, 3.8) is 0 Å². The minimum Gasteiger partial charge on any atom is -0.325 e. The van der Waals surface area contributed by atoms with Crippen LogP contribution in [-0.4, -0.2) is 5.91 Å². The highest BCUT2D eigenvalue weighted by Crippen LogP contribution is 2.39. The first-order chi connectivity index (χ1) is 9.88. The van der Waals surface area contributed by atoms with Gasteiger partial charge in [-0.15, -0.1) is 0 Å². The molecule has 110 valence electrons. The third kappa shape index (κ3) is 3.98. The fraction of sp³-hybridized carbons (Fsp3) is 0.133. The zero-order valence-corrected chi connectivity index (χ0v) is 11.5. The average molecular weight is 314 g/mol. The lowest BCUT2D eigenvalue weighted by Crippen LogP contribution is -2.18. The van der Waals surface area contributed by atoms with Crippen molar-refractivity contribution in [2.75, 3.05) is 5.32 Å². The lowest BCUT2D eigenvalue weighted by Gasteiger charge is -2.15. The van der Waals surface area contributed by atoms with Crippen LogP contribution in [0.2, 0.25) is 5.02 Å². The normalized spacial score (nSPS) is 11.2. The van der Waals surface area contributed by atoms with Crippen LogP contribution in [0.1, 0.15) is 11.1 Å². The first-order valence-corrected chi connectivity index (χ1v) is 6.45. The van der Waals surface area contributed by atoms with Crippen molar-refractivity contribution in [1.82, 2.24) is 0 Å². The van der Waals surface area contributed by atoms with E-state index in [1.807, 2.05) is 0 Å². The number of hydrogen-bond acceptors (Lipinski definition) is 1. The maximum Gasteiger partial charge on any atom is 0.419 e. The maximum absolute atomic E-state index is 13.0. The van der Waals surface area contributed by atoms with E-state index in [4.69, 9.17) is 11.6 Å². The monoisotopic (exact) mass is 313 g/mol. The highest BCUT2D eigenvalue weighted by molar-refractivity contribution is 6.32. The molecule has 0 fully saturated rings. The lowest BCUT2D eigenvalue weighted by molar-refractivity contribution is -0.136. The van der Waals surface area contributed by atoms with E-state index in [0.29, 0.717) is 5.56 Å². The number of carbonyl (C=O) groups is 1. The number of halogens is 4. The van der Waals surface area contributed by atoms with Crippen molar-refractivity contribution in [2.45, 2.75) is 12.6 Å². The van der Waals surface area contributed by atoms with Crippen LogP contribution in [0.15, 0.2) is 48.5 Å². The highest BCUT2D eigenvalue weighted by atomic mass is 35.5. The van der Waals surface area contributed by atoms with Gasteiger partial charge in [0.1, 0.15) is 0 Å². The van der Waals surface area contributed by atoms with Crippen molar-refractivity contribution in [2.24, 2.45) is 0 Å². The Morgan fingerprint density at radius 1 is 1.05 bits per heavy atom. The number of carbonyl (C=O) groups excluding carboxylic acids is 1. The Hall–Kier alpha value is -2.01. The fourth-order valence-corrected chi connectivity index (χ4v) is 2.17. The van der Waals surface area contributed by atoms with E-state index < -0.39 is 22.7 Å². The van der Waals surface area contributed by atoms with Crippen LogP contribution < -0.4 is 5.32 Å². The Morgan fingerprint density at radius 2 is 1.71 bits per heavy atom. The minimum absolute atomic E-state index is 0.00928. The van der Waals surface area contributed by atoms with Gasteiger partial charge >= 0.3 is 6.18 Å². The zero-order chi connectivity index (χ0) is 15.5. The molecule has 0 radical (unpaired) electrons. The highest BCUT2D eigenvalue weighted by Gasteiger charge is 2.36. The Balaban J connectivity index is 2.20. The van der Waals surface area contributed by atoms with E-state index in [1.165, 1.54) is 12.1 Å². The maximum atomic E-state index is 13.0. The van der Waals surface area contributed by atoms with Crippen LogP contribution in [-0.2, 0) is 17.4 Å². The standard InChI is InChI=1S/C15H11ClF3NO/c16-11-7-4-8-12(14(11)15(17,18)19)20-13(21)9-10-5-2-1-3-6-10/h1-8H,9H2,(H,20,21). The number of anilines is 1. The van der Waals surface area contributed by atoms with Gasteiger partial charge in [-0.1, -0.05) is 48.0 Å². The minimum atomic E-state index is -4.63. The third-order valence-corrected chi connectivity index (χ3v) is 3.09. The van der Waals surface area contributed by atoms with Gasteiger partial charge in [-0.05, 0) is 17.7 Å². The second-order valence-corrected chi connectivity index (χ2v) is 4.78. The van der Waals surface area contributed by atoms with Gasteiger partial charge in [0.05, 0.1) is 22.7 Å². The van der Waals surface area contributed by atoms with Crippen LogP contribution in [0.3, 0.4) is 0 Å². The first kappa shape index (κ1) is 15.4. The number of hydrogen-bond donors (Lipinski definition) is 1. The van der Waals surface area contributed by atoms with Crippen molar-refractivity contribution in [3.05, 3.63) is 64.7 Å². The van der Waals surface area contributed by atoms with Crippen molar-refractivity contribution in [3.8, 4) is 0 Å². The molecule has 0 atom stereocenters. The second-order valence-electron chi connectivity index (χ2n) is 4.37. The molecule has 0 unspecified atom stereocenters. The Kier molecular flexibility index (Phi) is 4.53. The predicted molar refractivity (Wildman–Crippen MR) is 75.2 cm³/mol. The van der Waals surface area contributed by atoms with Gasteiger partial charge in [0, 0.05) is 0 Å². The van der Waals surface area contributed by atoms with E-state index in [2.05, 4.69) is 5.32 Å². The second kappa shape index (κ2) is 6.18. The molecule has 21 heavy (non-hydrogen) atoms. The molecule has 0 heterocycles. The van der Waals surface area contributed by atoms with Crippen LogP contribution in [0, 0.1) is 0 Å². The van der Waals surface area contributed by atoms with Crippen LogP contribution in [0.5, 0.6) is 0 Å². The molecule has 0 saturated carbocycles.